The second-order valence-corrected chi connectivity index (χ2v) is 6.83. The molecule has 28 heavy (non-hydrogen) atoms. The number of benzene rings is 1. The Bertz CT molecular complexity index is 961. The molecule has 0 radical (unpaired) electrons. The van der Waals surface area contributed by atoms with E-state index in [0.29, 0.717) is 23.5 Å². The van der Waals surface area contributed by atoms with Gasteiger partial charge in [-0.05, 0) is 41.9 Å². The number of thiocarbonyl (C=S) groups is 1. The summed E-state index contributed by atoms with van der Waals surface area (Å²) < 4.78 is 10.6. The topological polar surface area (TPSA) is 75.5 Å². The first-order chi connectivity index (χ1) is 13.7. The molecule has 0 atom stereocenters. The lowest BCUT2D eigenvalue weighted by atomic mass is 10.00. The Hall–Kier alpha value is -3.13. The molecule has 1 aliphatic heterocycles. The molecule has 0 saturated heterocycles. The standard InChI is InChI=1S/C20H21N5O2S/c1-26-18-11-17(25-9-8-14-5-2-3-6-15(14)13-25)22-19(23-18)24-20(28)21-12-16-7-4-10-27-16/h2-7,10-11H,8-9,12-13H2,1H3,(H2,21,22,23,24,28). The molecule has 0 aliphatic carbocycles. The fraction of sp³-hybridized carbons (Fsp3) is 0.250. The quantitative estimate of drug-likeness (QED) is 0.638. The molecule has 4 rings (SSSR count). The molecular formula is C20H21N5O2S. The average molecular weight is 395 g/mol. The van der Waals surface area contributed by atoms with Crippen LogP contribution in [0.1, 0.15) is 16.9 Å². The minimum Gasteiger partial charge on any atom is -0.481 e. The van der Waals surface area contributed by atoms with Crippen LogP contribution in [0.5, 0.6) is 5.88 Å². The fourth-order valence-corrected chi connectivity index (χ4v) is 3.32. The number of nitrogens with zero attached hydrogens (tertiary/aromatic N) is 3. The van der Waals surface area contributed by atoms with Crippen LogP contribution in [0.2, 0.25) is 0 Å². The summed E-state index contributed by atoms with van der Waals surface area (Å²) in [7, 11) is 1.59. The molecule has 2 aromatic heterocycles. The molecule has 3 aromatic rings. The minimum absolute atomic E-state index is 0.394. The summed E-state index contributed by atoms with van der Waals surface area (Å²) in [4.78, 5) is 11.2. The van der Waals surface area contributed by atoms with E-state index < -0.39 is 0 Å². The number of ether oxygens (including phenoxy) is 1. The normalized spacial score (nSPS) is 13.0. The predicted octanol–water partition coefficient (Wildman–Crippen LogP) is 3.13. The number of hydrogen-bond donors (Lipinski definition) is 2. The zero-order chi connectivity index (χ0) is 19.3. The summed E-state index contributed by atoms with van der Waals surface area (Å²) in [6, 6.07) is 14.1. The van der Waals surface area contributed by atoms with Crippen molar-refractivity contribution in [2.24, 2.45) is 0 Å². The van der Waals surface area contributed by atoms with Gasteiger partial charge < -0.3 is 24.7 Å². The van der Waals surface area contributed by atoms with E-state index in [2.05, 4.69) is 49.8 Å². The molecular weight excluding hydrogens is 374 g/mol. The Morgan fingerprint density at radius 3 is 2.86 bits per heavy atom. The third-order valence-corrected chi connectivity index (χ3v) is 4.83. The van der Waals surface area contributed by atoms with E-state index in [1.165, 1.54) is 11.1 Å². The minimum atomic E-state index is 0.394. The Morgan fingerprint density at radius 2 is 2.07 bits per heavy atom. The van der Waals surface area contributed by atoms with E-state index in [0.717, 1.165) is 31.1 Å². The number of fused-ring (bicyclic) bond motifs is 1. The van der Waals surface area contributed by atoms with Crippen molar-refractivity contribution in [2.45, 2.75) is 19.5 Å². The second-order valence-electron chi connectivity index (χ2n) is 6.42. The van der Waals surface area contributed by atoms with Crippen LogP contribution in [0.25, 0.3) is 0 Å². The molecule has 2 N–H and O–H groups in total. The summed E-state index contributed by atoms with van der Waals surface area (Å²) in [5.74, 6) is 2.48. The summed E-state index contributed by atoms with van der Waals surface area (Å²) in [5.41, 5.74) is 2.71. The zero-order valence-corrected chi connectivity index (χ0v) is 16.3. The Kier molecular flexibility index (Phi) is 5.38. The molecule has 144 valence electrons. The maximum Gasteiger partial charge on any atom is 0.234 e. The largest absolute Gasteiger partial charge is 0.481 e. The van der Waals surface area contributed by atoms with Crippen LogP contribution >= 0.6 is 12.2 Å². The Balaban J connectivity index is 1.47. The van der Waals surface area contributed by atoms with E-state index >= 15 is 0 Å². The molecule has 0 saturated carbocycles. The van der Waals surface area contributed by atoms with Gasteiger partial charge in [-0.2, -0.15) is 9.97 Å². The highest BCUT2D eigenvalue weighted by Crippen LogP contribution is 2.26. The number of anilines is 2. The number of hydrogen-bond acceptors (Lipinski definition) is 6. The number of methoxy groups -OCH3 is 1. The van der Waals surface area contributed by atoms with Crippen LogP contribution in [0.3, 0.4) is 0 Å². The summed E-state index contributed by atoms with van der Waals surface area (Å²) in [6.45, 7) is 2.17. The maximum absolute atomic E-state index is 5.36. The molecule has 0 spiro atoms. The Morgan fingerprint density at radius 1 is 1.21 bits per heavy atom. The molecule has 0 unspecified atom stereocenters. The van der Waals surface area contributed by atoms with Crippen molar-refractivity contribution in [1.82, 2.24) is 15.3 Å². The first-order valence-electron chi connectivity index (χ1n) is 9.03. The van der Waals surface area contributed by atoms with Crippen LogP contribution < -0.4 is 20.3 Å². The van der Waals surface area contributed by atoms with Crippen LogP contribution in [0.15, 0.2) is 53.1 Å². The van der Waals surface area contributed by atoms with Gasteiger partial charge in [0.25, 0.3) is 0 Å². The van der Waals surface area contributed by atoms with E-state index in [1.807, 2.05) is 18.2 Å². The maximum atomic E-state index is 5.36. The molecule has 0 fully saturated rings. The van der Waals surface area contributed by atoms with Gasteiger partial charge in [-0.1, -0.05) is 24.3 Å². The second kappa shape index (κ2) is 8.26. The van der Waals surface area contributed by atoms with Crippen LogP contribution in [-0.4, -0.2) is 28.7 Å². The van der Waals surface area contributed by atoms with Gasteiger partial charge in [-0.3, -0.25) is 0 Å². The van der Waals surface area contributed by atoms with Gasteiger partial charge >= 0.3 is 0 Å². The first-order valence-corrected chi connectivity index (χ1v) is 9.44. The van der Waals surface area contributed by atoms with Gasteiger partial charge in [0.15, 0.2) is 5.11 Å². The van der Waals surface area contributed by atoms with Gasteiger partial charge in [0.2, 0.25) is 11.8 Å². The molecule has 7 nitrogen and oxygen atoms in total. The Labute approximate surface area is 168 Å². The highest BCUT2D eigenvalue weighted by molar-refractivity contribution is 7.80. The summed E-state index contributed by atoms with van der Waals surface area (Å²) in [6.07, 6.45) is 2.61. The van der Waals surface area contributed by atoms with Gasteiger partial charge in [0, 0.05) is 19.2 Å². The van der Waals surface area contributed by atoms with Crippen molar-refractivity contribution in [1.29, 1.82) is 0 Å². The van der Waals surface area contributed by atoms with Crippen LogP contribution in [0.4, 0.5) is 11.8 Å². The van der Waals surface area contributed by atoms with Gasteiger partial charge in [-0.15, -0.1) is 0 Å². The fourth-order valence-electron chi connectivity index (χ4n) is 3.15. The molecule has 3 heterocycles. The van der Waals surface area contributed by atoms with Crippen molar-refractivity contribution in [3.8, 4) is 5.88 Å². The van der Waals surface area contributed by atoms with E-state index in [9.17, 15) is 0 Å². The lowest BCUT2D eigenvalue weighted by Crippen LogP contribution is -2.32. The van der Waals surface area contributed by atoms with E-state index in [4.69, 9.17) is 21.4 Å². The van der Waals surface area contributed by atoms with Crippen molar-refractivity contribution in [2.75, 3.05) is 23.9 Å². The number of aromatic nitrogens is 2. The molecule has 8 heteroatoms. The predicted molar refractivity (Wildman–Crippen MR) is 112 cm³/mol. The third-order valence-electron chi connectivity index (χ3n) is 4.58. The van der Waals surface area contributed by atoms with Gasteiger partial charge in [0.05, 0.1) is 19.9 Å². The zero-order valence-electron chi connectivity index (χ0n) is 15.5. The molecule has 0 bridgehead atoms. The number of rotatable bonds is 5. The smallest absolute Gasteiger partial charge is 0.234 e. The van der Waals surface area contributed by atoms with Gasteiger partial charge in [0.1, 0.15) is 11.6 Å². The third kappa shape index (κ3) is 4.23. The van der Waals surface area contributed by atoms with Crippen molar-refractivity contribution in [3.63, 3.8) is 0 Å². The highest BCUT2D eigenvalue weighted by atomic mass is 32.1. The van der Waals surface area contributed by atoms with Crippen molar-refractivity contribution < 1.29 is 9.15 Å². The summed E-state index contributed by atoms with van der Waals surface area (Å²) >= 11 is 5.34. The molecule has 1 aromatic carbocycles. The first kappa shape index (κ1) is 18.2. The number of nitrogens with one attached hydrogen (secondary N) is 2. The lowest BCUT2D eigenvalue weighted by molar-refractivity contribution is 0.397. The van der Waals surface area contributed by atoms with E-state index in [1.54, 1.807) is 13.4 Å². The van der Waals surface area contributed by atoms with Gasteiger partial charge in [-0.25, -0.2) is 0 Å². The highest BCUT2D eigenvalue weighted by Gasteiger charge is 2.19. The van der Waals surface area contributed by atoms with Crippen molar-refractivity contribution >= 4 is 29.1 Å². The molecule has 0 amide bonds. The SMILES string of the molecule is COc1cc(N2CCc3ccccc3C2)nc(NC(=S)NCc2ccco2)n1. The summed E-state index contributed by atoms with van der Waals surface area (Å²) in [5, 5.41) is 6.52. The monoisotopic (exact) mass is 395 g/mol. The lowest BCUT2D eigenvalue weighted by Gasteiger charge is -2.30. The van der Waals surface area contributed by atoms with E-state index in [-0.39, 0.29) is 0 Å². The number of furan rings is 1. The molecule has 1 aliphatic rings. The average Bonchev–Trinajstić information content (AvgIpc) is 3.25. The van der Waals surface area contributed by atoms with Crippen molar-refractivity contribution in [3.05, 3.63) is 65.6 Å². The van der Waals surface area contributed by atoms with Crippen LogP contribution in [0, 0.1) is 0 Å². The van der Waals surface area contributed by atoms with Crippen LogP contribution in [-0.2, 0) is 19.5 Å².